The lowest BCUT2D eigenvalue weighted by molar-refractivity contribution is -0.145. The third-order valence-electron chi connectivity index (χ3n) is 6.90. The molecule has 2 heterocycles. The first-order chi connectivity index (χ1) is 13.9. The summed E-state index contributed by atoms with van der Waals surface area (Å²) in [6.45, 7) is 5.34. The molecule has 0 aromatic heterocycles. The molecule has 1 aromatic carbocycles. The van der Waals surface area contributed by atoms with E-state index in [9.17, 15) is 4.79 Å². The number of hydrogen-bond acceptors (Lipinski definition) is 3. The summed E-state index contributed by atoms with van der Waals surface area (Å²) in [6, 6.07) is 5.60. The van der Waals surface area contributed by atoms with Crippen molar-refractivity contribution >= 4 is 17.5 Å². The van der Waals surface area contributed by atoms with E-state index in [0.29, 0.717) is 16.5 Å². The standard InChI is InChI=1S/C23H32ClFN2O2/c1-26(15-17-6-10-29-11-7-17)22(28)19-13-23(25,14-19)20-5-4-18(21(24)12-20)16-27-8-2-3-9-27/h4-5,12,17,19H,2-3,6-11,13-16H2,1H3/t19-,23+. The van der Waals surface area contributed by atoms with E-state index in [-0.39, 0.29) is 24.7 Å². The van der Waals surface area contributed by atoms with Crippen LogP contribution in [0.5, 0.6) is 0 Å². The van der Waals surface area contributed by atoms with E-state index in [1.807, 2.05) is 19.2 Å². The van der Waals surface area contributed by atoms with Gasteiger partial charge in [0, 0.05) is 44.3 Å². The predicted molar refractivity (Wildman–Crippen MR) is 113 cm³/mol. The molecule has 4 rings (SSSR count). The average Bonchev–Trinajstić information content (AvgIpc) is 3.20. The Morgan fingerprint density at radius 1 is 1.28 bits per heavy atom. The molecule has 0 N–H and O–H groups in total. The highest BCUT2D eigenvalue weighted by Crippen LogP contribution is 2.50. The van der Waals surface area contributed by atoms with Gasteiger partial charge < -0.3 is 9.64 Å². The van der Waals surface area contributed by atoms with Crippen molar-refractivity contribution < 1.29 is 13.9 Å². The molecule has 4 nitrogen and oxygen atoms in total. The Hall–Kier alpha value is -1.17. The third-order valence-corrected chi connectivity index (χ3v) is 7.25. The lowest BCUT2D eigenvalue weighted by Gasteiger charge is -2.42. The normalized spacial score (nSPS) is 28.3. The van der Waals surface area contributed by atoms with Crippen LogP contribution in [-0.4, -0.2) is 55.6 Å². The van der Waals surface area contributed by atoms with Crippen molar-refractivity contribution in [3.8, 4) is 0 Å². The molecular formula is C23H32ClFN2O2. The highest BCUT2D eigenvalue weighted by atomic mass is 35.5. The number of benzene rings is 1. The van der Waals surface area contributed by atoms with E-state index in [1.54, 1.807) is 11.0 Å². The van der Waals surface area contributed by atoms with Crippen LogP contribution in [0.25, 0.3) is 0 Å². The van der Waals surface area contributed by atoms with Crippen LogP contribution in [0.15, 0.2) is 18.2 Å². The van der Waals surface area contributed by atoms with Gasteiger partial charge in [-0.1, -0.05) is 23.7 Å². The van der Waals surface area contributed by atoms with Gasteiger partial charge in [0.05, 0.1) is 0 Å². The van der Waals surface area contributed by atoms with Crippen molar-refractivity contribution in [2.24, 2.45) is 11.8 Å². The van der Waals surface area contributed by atoms with Gasteiger partial charge in [-0.15, -0.1) is 0 Å². The van der Waals surface area contributed by atoms with Crippen LogP contribution in [0.1, 0.15) is 49.7 Å². The van der Waals surface area contributed by atoms with E-state index < -0.39 is 5.67 Å². The zero-order chi connectivity index (χ0) is 20.4. The summed E-state index contributed by atoms with van der Waals surface area (Å²) in [5, 5.41) is 0.637. The molecule has 0 atom stereocenters. The minimum Gasteiger partial charge on any atom is -0.381 e. The molecule has 2 aliphatic heterocycles. The third kappa shape index (κ3) is 4.78. The second-order valence-corrected chi connectivity index (χ2v) is 9.54. The van der Waals surface area contributed by atoms with Crippen molar-refractivity contribution in [1.82, 2.24) is 9.80 Å². The molecule has 29 heavy (non-hydrogen) atoms. The average molecular weight is 423 g/mol. The second-order valence-electron chi connectivity index (χ2n) is 9.13. The summed E-state index contributed by atoms with van der Waals surface area (Å²) in [4.78, 5) is 16.9. The fourth-order valence-electron chi connectivity index (χ4n) is 4.99. The van der Waals surface area contributed by atoms with Gasteiger partial charge in [0.15, 0.2) is 0 Å². The Bertz CT molecular complexity index is 726. The Morgan fingerprint density at radius 2 is 1.97 bits per heavy atom. The van der Waals surface area contributed by atoms with Gasteiger partial charge in [-0.3, -0.25) is 9.69 Å². The summed E-state index contributed by atoms with van der Waals surface area (Å²) in [7, 11) is 1.85. The van der Waals surface area contributed by atoms with Crippen LogP contribution < -0.4 is 0 Å². The Labute approximate surface area is 178 Å². The number of halogens is 2. The maximum absolute atomic E-state index is 15.4. The fourth-order valence-corrected chi connectivity index (χ4v) is 5.23. The highest BCUT2D eigenvalue weighted by molar-refractivity contribution is 6.31. The first-order valence-electron chi connectivity index (χ1n) is 11.0. The second kappa shape index (κ2) is 8.91. The molecule has 1 aliphatic carbocycles. The highest BCUT2D eigenvalue weighted by Gasteiger charge is 2.50. The van der Waals surface area contributed by atoms with Crippen molar-refractivity contribution in [3.05, 3.63) is 34.3 Å². The van der Waals surface area contributed by atoms with Gasteiger partial charge in [-0.2, -0.15) is 0 Å². The molecule has 3 fully saturated rings. The van der Waals surface area contributed by atoms with E-state index in [0.717, 1.165) is 57.8 Å². The Kier molecular flexibility index (Phi) is 6.47. The number of carbonyl (C=O) groups is 1. The Balaban J connectivity index is 1.32. The zero-order valence-electron chi connectivity index (χ0n) is 17.3. The summed E-state index contributed by atoms with van der Waals surface area (Å²) in [5.74, 6) is 0.337. The molecule has 1 saturated carbocycles. The van der Waals surface area contributed by atoms with Gasteiger partial charge >= 0.3 is 0 Å². The van der Waals surface area contributed by atoms with Crippen molar-refractivity contribution in [3.63, 3.8) is 0 Å². The number of carbonyl (C=O) groups excluding carboxylic acids is 1. The van der Waals surface area contributed by atoms with Crippen LogP contribution in [0.2, 0.25) is 5.02 Å². The van der Waals surface area contributed by atoms with Crippen molar-refractivity contribution in [1.29, 1.82) is 0 Å². The van der Waals surface area contributed by atoms with Gasteiger partial charge in [0.25, 0.3) is 0 Å². The van der Waals surface area contributed by atoms with E-state index in [2.05, 4.69) is 4.90 Å². The van der Waals surface area contributed by atoms with Crippen LogP contribution in [-0.2, 0) is 21.7 Å². The Morgan fingerprint density at radius 3 is 2.62 bits per heavy atom. The summed E-state index contributed by atoms with van der Waals surface area (Å²) in [6.07, 6.45) is 4.98. The number of hydrogen-bond donors (Lipinski definition) is 0. The first kappa shape index (κ1) is 21.1. The quantitative estimate of drug-likeness (QED) is 0.681. The summed E-state index contributed by atoms with van der Waals surface area (Å²) < 4.78 is 20.8. The maximum atomic E-state index is 15.4. The molecule has 3 aliphatic rings. The number of nitrogens with zero attached hydrogens (tertiary/aromatic N) is 2. The molecule has 160 valence electrons. The lowest BCUT2D eigenvalue weighted by atomic mass is 9.68. The largest absolute Gasteiger partial charge is 0.381 e. The maximum Gasteiger partial charge on any atom is 0.225 e. The predicted octanol–water partition coefficient (Wildman–Crippen LogP) is 4.40. The minimum absolute atomic E-state index is 0.0708. The van der Waals surface area contributed by atoms with Crippen LogP contribution in [0, 0.1) is 11.8 Å². The molecule has 0 unspecified atom stereocenters. The molecule has 1 amide bonds. The lowest BCUT2D eigenvalue weighted by Crippen LogP contribution is -2.47. The summed E-state index contributed by atoms with van der Waals surface area (Å²) >= 11 is 6.47. The topological polar surface area (TPSA) is 32.8 Å². The number of likely N-dealkylation sites (tertiary alicyclic amines) is 1. The van der Waals surface area contributed by atoms with Gasteiger partial charge in [0.2, 0.25) is 5.91 Å². The van der Waals surface area contributed by atoms with E-state index >= 15 is 4.39 Å². The van der Waals surface area contributed by atoms with Crippen LogP contribution in [0.4, 0.5) is 4.39 Å². The number of rotatable bonds is 6. The zero-order valence-corrected chi connectivity index (χ0v) is 18.1. The molecule has 0 bridgehead atoms. The molecule has 0 spiro atoms. The molecule has 1 aromatic rings. The van der Waals surface area contributed by atoms with E-state index in [4.69, 9.17) is 16.3 Å². The molecule has 2 saturated heterocycles. The smallest absolute Gasteiger partial charge is 0.225 e. The summed E-state index contributed by atoms with van der Waals surface area (Å²) in [5.41, 5.74) is 0.239. The minimum atomic E-state index is -1.43. The van der Waals surface area contributed by atoms with Gasteiger partial charge in [-0.05, 0) is 74.7 Å². The number of ether oxygens (including phenoxy) is 1. The number of amides is 1. The molecular weight excluding hydrogens is 391 g/mol. The first-order valence-corrected chi connectivity index (χ1v) is 11.4. The molecule has 6 heteroatoms. The van der Waals surface area contributed by atoms with Gasteiger partial charge in [0.1, 0.15) is 5.67 Å². The number of alkyl halides is 1. The van der Waals surface area contributed by atoms with Crippen molar-refractivity contribution in [2.75, 3.05) is 39.9 Å². The van der Waals surface area contributed by atoms with Crippen molar-refractivity contribution in [2.45, 2.75) is 50.7 Å². The fraction of sp³-hybridized carbons (Fsp3) is 0.696. The molecule has 0 radical (unpaired) electrons. The van der Waals surface area contributed by atoms with Crippen LogP contribution in [0.3, 0.4) is 0 Å². The monoisotopic (exact) mass is 422 g/mol. The SMILES string of the molecule is CN(CC1CCOCC1)C(=O)[C@H]1C[C@](F)(c2ccc(CN3CCCC3)c(Cl)c2)C1. The van der Waals surface area contributed by atoms with E-state index in [1.165, 1.54) is 12.8 Å². The van der Waals surface area contributed by atoms with Crippen LogP contribution >= 0.6 is 11.6 Å². The van der Waals surface area contributed by atoms with Gasteiger partial charge in [-0.25, -0.2) is 4.39 Å².